The van der Waals surface area contributed by atoms with E-state index in [1.807, 2.05) is 30.3 Å². The van der Waals surface area contributed by atoms with Gasteiger partial charge in [-0.15, -0.1) is 11.8 Å². The number of anilines is 1. The molecule has 0 radical (unpaired) electrons. The molecule has 0 aliphatic carbocycles. The van der Waals surface area contributed by atoms with Crippen molar-refractivity contribution in [2.45, 2.75) is 16.2 Å². The van der Waals surface area contributed by atoms with Crippen molar-refractivity contribution in [3.63, 3.8) is 0 Å². The molecule has 0 heterocycles. The number of hydrogen-bond acceptors (Lipinski definition) is 5. The zero-order valence-electron chi connectivity index (χ0n) is 17.8. The van der Waals surface area contributed by atoms with Crippen LogP contribution in [0.4, 0.5) is 5.69 Å². The first-order valence-electron chi connectivity index (χ1n) is 10.2. The Morgan fingerprint density at radius 2 is 1.66 bits per heavy atom. The van der Waals surface area contributed by atoms with Gasteiger partial charge >= 0.3 is 0 Å². The summed E-state index contributed by atoms with van der Waals surface area (Å²) >= 11 is 1.72. The summed E-state index contributed by atoms with van der Waals surface area (Å²) in [6.07, 6.45) is 0.774. The van der Waals surface area contributed by atoms with Crippen LogP contribution in [0.1, 0.15) is 6.42 Å². The number of rotatable bonds is 11. The average Bonchev–Trinajstić information content (AvgIpc) is 2.83. The number of nitrogens with one attached hydrogen (secondary N) is 1. The fraction of sp³-hybridized carbons (Fsp3) is 0.208. The Hall–Kier alpha value is -2.97. The van der Waals surface area contributed by atoms with E-state index in [4.69, 9.17) is 4.74 Å². The Morgan fingerprint density at radius 1 is 0.969 bits per heavy atom. The van der Waals surface area contributed by atoms with E-state index in [-0.39, 0.29) is 17.3 Å². The number of hydrogen-bond donors (Lipinski definition) is 1. The number of ether oxygens (including phenoxy) is 1. The van der Waals surface area contributed by atoms with Crippen LogP contribution in [0.25, 0.3) is 0 Å². The van der Waals surface area contributed by atoms with Gasteiger partial charge in [0.15, 0.2) is 0 Å². The van der Waals surface area contributed by atoms with Gasteiger partial charge in [0.05, 0.1) is 17.7 Å². The molecule has 1 N–H and O–H groups in total. The maximum absolute atomic E-state index is 13.3. The minimum atomic E-state index is -3.93. The summed E-state index contributed by atoms with van der Waals surface area (Å²) in [6.45, 7) is 0.145. The van der Waals surface area contributed by atoms with Crippen LogP contribution in [0.3, 0.4) is 0 Å². The molecule has 0 fully saturated rings. The quantitative estimate of drug-likeness (QED) is 0.336. The summed E-state index contributed by atoms with van der Waals surface area (Å²) in [6, 6.07) is 24.8. The lowest BCUT2D eigenvalue weighted by molar-refractivity contribution is -0.119. The van der Waals surface area contributed by atoms with Crippen molar-refractivity contribution in [2.24, 2.45) is 0 Å². The van der Waals surface area contributed by atoms with Crippen LogP contribution in [0.5, 0.6) is 5.75 Å². The molecular formula is C24H26N2O4S2. The fourth-order valence-corrected chi connectivity index (χ4v) is 5.30. The molecule has 3 aromatic rings. The van der Waals surface area contributed by atoms with E-state index in [0.29, 0.717) is 18.0 Å². The molecule has 0 unspecified atom stereocenters. The molecule has 8 heteroatoms. The number of amides is 1. The van der Waals surface area contributed by atoms with Gasteiger partial charge in [0.1, 0.15) is 12.3 Å². The molecule has 0 saturated heterocycles. The molecule has 32 heavy (non-hydrogen) atoms. The second kappa shape index (κ2) is 11.6. The van der Waals surface area contributed by atoms with Crippen molar-refractivity contribution in [1.29, 1.82) is 0 Å². The Kier molecular flexibility index (Phi) is 8.58. The van der Waals surface area contributed by atoms with E-state index in [9.17, 15) is 13.2 Å². The number of carbonyl (C=O) groups excluding carboxylic acids is 1. The zero-order chi connectivity index (χ0) is 22.8. The number of methoxy groups -OCH3 is 1. The number of thioether (sulfide) groups is 1. The molecule has 6 nitrogen and oxygen atoms in total. The highest BCUT2D eigenvalue weighted by molar-refractivity contribution is 7.99. The molecule has 3 rings (SSSR count). The molecule has 0 aliphatic rings. The third kappa shape index (κ3) is 6.51. The maximum Gasteiger partial charge on any atom is 0.264 e. The summed E-state index contributed by atoms with van der Waals surface area (Å²) < 4.78 is 32.9. The molecule has 0 saturated carbocycles. The van der Waals surface area contributed by atoms with Crippen LogP contribution in [-0.2, 0) is 14.8 Å². The third-order valence-electron chi connectivity index (χ3n) is 4.61. The van der Waals surface area contributed by atoms with Crippen LogP contribution >= 0.6 is 11.8 Å². The van der Waals surface area contributed by atoms with Gasteiger partial charge in [-0.2, -0.15) is 0 Å². The molecule has 0 atom stereocenters. The van der Waals surface area contributed by atoms with Gasteiger partial charge in [0.25, 0.3) is 10.0 Å². The Morgan fingerprint density at radius 3 is 2.34 bits per heavy atom. The van der Waals surface area contributed by atoms with E-state index in [1.54, 1.807) is 54.2 Å². The number of nitrogens with zero attached hydrogens (tertiary/aromatic N) is 1. The van der Waals surface area contributed by atoms with Crippen LogP contribution in [0.15, 0.2) is 94.7 Å². The van der Waals surface area contributed by atoms with Crippen LogP contribution in [-0.4, -0.2) is 40.3 Å². The van der Waals surface area contributed by atoms with Crippen molar-refractivity contribution in [3.8, 4) is 5.75 Å². The van der Waals surface area contributed by atoms with Crippen molar-refractivity contribution in [2.75, 3.05) is 30.3 Å². The van der Waals surface area contributed by atoms with Crippen molar-refractivity contribution in [1.82, 2.24) is 5.32 Å². The predicted molar refractivity (Wildman–Crippen MR) is 129 cm³/mol. The van der Waals surface area contributed by atoms with Crippen molar-refractivity contribution < 1.29 is 17.9 Å². The monoisotopic (exact) mass is 470 g/mol. The van der Waals surface area contributed by atoms with E-state index < -0.39 is 10.0 Å². The minimum Gasteiger partial charge on any atom is -0.497 e. The molecule has 0 aromatic heterocycles. The summed E-state index contributed by atoms with van der Waals surface area (Å²) in [5.74, 6) is 0.998. The lowest BCUT2D eigenvalue weighted by atomic mass is 10.3. The second-order valence-electron chi connectivity index (χ2n) is 6.89. The smallest absolute Gasteiger partial charge is 0.264 e. The highest BCUT2D eigenvalue weighted by Crippen LogP contribution is 2.26. The maximum atomic E-state index is 13.3. The first-order valence-corrected chi connectivity index (χ1v) is 12.6. The summed E-state index contributed by atoms with van der Waals surface area (Å²) in [4.78, 5) is 13.9. The SMILES string of the molecule is COc1cccc(N(CC(=O)NCCCSc2ccccc2)S(=O)(=O)c2ccccc2)c1. The molecule has 0 bridgehead atoms. The van der Waals surface area contributed by atoms with Crippen molar-refractivity contribution in [3.05, 3.63) is 84.9 Å². The number of sulfonamides is 1. The molecule has 3 aromatic carbocycles. The van der Waals surface area contributed by atoms with Crippen LogP contribution in [0, 0.1) is 0 Å². The number of carbonyl (C=O) groups is 1. The predicted octanol–water partition coefficient (Wildman–Crippen LogP) is 4.19. The molecule has 0 spiro atoms. The van der Waals surface area contributed by atoms with Crippen LogP contribution in [0.2, 0.25) is 0 Å². The summed E-state index contributed by atoms with van der Waals surface area (Å²) in [5.41, 5.74) is 0.364. The standard InChI is InChI=1S/C24H26N2O4S2/c1-30-21-11-8-10-20(18-21)26(32(28,29)23-14-6-3-7-15-23)19-24(27)25-16-9-17-31-22-12-4-2-5-13-22/h2-8,10-15,18H,9,16-17,19H2,1H3,(H,25,27). The van der Waals surface area contributed by atoms with Gasteiger partial charge in [-0.05, 0) is 48.6 Å². The lowest BCUT2D eigenvalue weighted by Crippen LogP contribution is -2.41. The highest BCUT2D eigenvalue weighted by Gasteiger charge is 2.27. The van der Waals surface area contributed by atoms with Gasteiger partial charge in [-0.1, -0.05) is 42.5 Å². The minimum absolute atomic E-state index is 0.120. The van der Waals surface area contributed by atoms with Crippen LogP contribution < -0.4 is 14.4 Å². The van der Waals surface area contributed by atoms with E-state index >= 15 is 0 Å². The van der Waals surface area contributed by atoms with E-state index in [2.05, 4.69) is 5.32 Å². The first-order chi connectivity index (χ1) is 15.5. The first kappa shape index (κ1) is 23.7. The molecule has 168 valence electrons. The van der Waals surface area contributed by atoms with Gasteiger partial charge in [-0.25, -0.2) is 8.42 Å². The summed E-state index contributed by atoms with van der Waals surface area (Å²) in [7, 11) is -2.42. The third-order valence-corrected chi connectivity index (χ3v) is 7.50. The molecular weight excluding hydrogens is 444 g/mol. The number of benzene rings is 3. The van der Waals surface area contributed by atoms with E-state index in [0.717, 1.165) is 16.5 Å². The second-order valence-corrected chi connectivity index (χ2v) is 9.92. The Bertz CT molecular complexity index is 1110. The van der Waals surface area contributed by atoms with Gasteiger partial charge in [0, 0.05) is 17.5 Å². The van der Waals surface area contributed by atoms with Crippen molar-refractivity contribution >= 4 is 33.4 Å². The van der Waals surface area contributed by atoms with Gasteiger partial charge in [0.2, 0.25) is 5.91 Å². The topological polar surface area (TPSA) is 75.7 Å². The van der Waals surface area contributed by atoms with Gasteiger partial charge in [-0.3, -0.25) is 9.10 Å². The summed E-state index contributed by atoms with van der Waals surface area (Å²) in [5, 5.41) is 2.83. The van der Waals surface area contributed by atoms with E-state index in [1.165, 1.54) is 24.1 Å². The lowest BCUT2D eigenvalue weighted by Gasteiger charge is -2.24. The Labute approximate surface area is 193 Å². The largest absolute Gasteiger partial charge is 0.497 e. The Balaban J connectivity index is 1.66. The van der Waals surface area contributed by atoms with Gasteiger partial charge < -0.3 is 10.1 Å². The molecule has 0 aliphatic heterocycles. The zero-order valence-corrected chi connectivity index (χ0v) is 19.4. The molecule has 1 amide bonds. The normalized spacial score (nSPS) is 11.0. The highest BCUT2D eigenvalue weighted by atomic mass is 32.2. The fourth-order valence-electron chi connectivity index (χ4n) is 2.99. The average molecular weight is 471 g/mol.